The van der Waals surface area contributed by atoms with Gasteiger partial charge in [0.1, 0.15) is 0 Å². The van der Waals surface area contributed by atoms with Gasteiger partial charge in [0.05, 0.1) is 17.7 Å². The number of hydrogen-bond donors (Lipinski definition) is 1. The SMILES string of the molecule is Cc1cc(CCC(=O)O)nn1C(C)(C)C. The average Bonchev–Trinajstić information content (AvgIpc) is 2.42. The molecule has 0 atom stereocenters. The van der Waals surface area contributed by atoms with Crippen molar-refractivity contribution in [1.29, 1.82) is 0 Å². The van der Waals surface area contributed by atoms with Crippen LogP contribution in [0.5, 0.6) is 0 Å². The lowest BCUT2D eigenvalue weighted by atomic mass is 10.1. The van der Waals surface area contributed by atoms with Crippen molar-refractivity contribution in [1.82, 2.24) is 9.78 Å². The Kier molecular flexibility index (Phi) is 3.17. The molecule has 1 rings (SSSR count). The van der Waals surface area contributed by atoms with Crippen LogP contribution in [0.25, 0.3) is 0 Å². The molecule has 0 spiro atoms. The van der Waals surface area contributed by atoms with Gasteiger partial charge in [-0.15, -0.1) is 0 Å². The third-order valence-corrected chi connectivity index (χ3v) is 2.17. The van der Waals surface area contributed by atoms with Crippen LogP contribution in [0.2, 0.25) is 0 Å². The van der Waals surface area contributed by atoms with Gasteiger partial charge in [-0.25, -0.2) is 0 Å². The van der Waals surface area contributed by atoms with E-state index >= 15 is 0 Å². The number of aryl methyl sites for hydroxylation is 2. The van der Waals surface area contributed by atoms with Crippen LogP contribution >= 0.6 is 0 Å². The van der Waals surface area contributed by atoms with Gasteiger partial charge in [0.15, 0.2) is 0 Å². The van der Waals surface area contributed by atoms with Gasteiger partial charge in [-0.3, -0.25) is 9.48 Å². The molecule has 1 aromatic heterocycles. The van der Waals surface area contributed by atoms with E-state index in [1.807, 2.05) is 17.7 Å². The molecule has 0 amide bonds. The van der Waals surface area contributed by atoms with E-state index in [0.717, 1.165) is 11.4 Å². The Bertz CT molecular complexity index is 361. The molecule has 4 nitrogen and oxygen atoms in total. The first kappa shape index (κ1) is 11.8. The number of carboxylic acids is 1. The lowest BCUT2D eigenvalue weighted by Crippen LogP contribution is -2.24. The molecule has 0 aliphatic heterocycles. The molecule has 0 aliphatic carbocycles. The lowest BCUT2D eigenvalue weighted by Gasteiger charge is -2.21. The van der Waals surface area contributed by atoms with Crippen LogP contribution in [0.15, 0.2) is 6.07 Å². The maximum absolute atomic E-state index is 10.4. The summed E-state index contributed by atoms with van der Waals surface area (Å²) < 4.78 is 1.93. The molecule has 1 heterocycles. The number of carboxylic acid groups (broad SMARTS) is 1. The van der Waals surface area contributed by atoms with Crippen molar-refractivity contribution < 1.29 is 9.90 Å². The predicted octanol–water partition coefficient (Wildman–Crippen LogP) is 1.96. The van der Waals surface area contributed by atoms with Crippen LogP contribution < -0.4 is 0 Å². The summed E-state index contributed by atoms with van der Waals surface area (Å²) in [7, 11) is 0. The highest BCUT2D eigenvalue weighted by atomic mass is 16.4. The van der Waals surface area contributed by atoms with Crippen molar-refractivity contribution in [3.8, 4) is 0 Å². The minimum absolute atomic E-state index is 0.0500. The molecule has 0 unspecified atom stereocenters. The summed E-state index contributed by atoms with van der Waals surface area (Å²) >= 11 is 0. The van der Waals surface area contributed by atoms with E-state index < -0.39 is 5.97 Å². The Morgan fingerprint density at radius 3 is 2.53 bits per heavy atom. The fourth-order valence-corrected chi connectivity index (χ4v) is 1.57. The van der Waals surface area contributed by atoms with Crippen LogP contribution in [0.3, 0.4) is 0 Å². The third-order valence-electron chi connectivity index (χ3n) is 2.17. The van der Waals surface area contributed by atoms with Crippen LogP contribution in [-0.2, 0) is 16.8 Å². The van der Waals surface area contributed by atoms with E-state index in [9.17, 15) is 4.79 Å². The molecule has 1 aromatic rings. The van der Waals surface area contributed by atoms with Crippen LogP contribution in [0, 0.1) is 6.92 Å². The minimum atomic E-state index is -0.780. The van der Waals surface area contributed by atoms with Crippen molar-refractivity contribution >= 4 is 5.97 Å². The molecule has 15 heavy (non-hydrogen) atoms. The van der Waals surface area contributed by atoms with Crippen molar-refractivity contribution in [2.45, 2.75) is 46.1 Å². The summed E-state index contributed by atoms with van der Waals surface area (Å²) in [6.07, 6.45) is 0.639. The predicted molar refractivity (Wildman–Crippen MR) is 57.9 cm³/mol. The van der Waals surface area contributed by atoms with Crippen LogP contribution in [-0.4, -0.2) is 20.9 Å². The molecule has 1 N–H and O–H groups in total. The Morgan fingerprint density at radius 1 is 1.53 bits per heavy atom. The second kappa shape index (κ2) is 4.04. The standard InChI is InChI=1S/C11H18N2O2/c1-8-7-9(5-6-10(14)15)12-13(8)11(2,3)4/h7H,5-6H2,1-4H3,(H,14,15). The molecule has 0 fully saturated rings. The maximum atomic E-state index is 10.4. The highest BCUT2D eigenvalue weighted by molar-refractivity contribution is 5.66. The molecule has 0 bridgehead atoms. The molecular weight excluding hydrogens is 192 g/mol. The van der Waals surface area contributed by atoms with E-state index in [0.29, 0.717) is 6.42 Å². The number of aliphatic carboxylic acids is 1. The van der Waals surface area contributed by atoms with Gasteiger partial charge >= 0.3 is 5.97 Å². The number of hydrogen-bond acceptors (Lipinski definition) is 2. The maximum Gasteiger partial charge on any atom is 0.303 e. The average molecular weight is 210 g/mol. The zero-order valence-electron chi connectivity index (χ0n) is 9.74. The lowest BCUT2D eigenvalue weighted by molar-refractivity contribution is -0.136. The second-order valence-electron chi connectivity index (χ2n) is 4.75. The second-order valence-corrected chi connectivity index (χ2v) is 4.75. The molecular formula is C11H18N2O2. The summed E-state index contributed by atoms with van der Waals surface area (Å²) in [5.41, 5.74) is 1.87. The Balaban J connectivity index is 2.82. The summed E-state index contributed by atoms with van der Waals surface area (Å²) in [5, 5.41) is 13.0. The first-order valence-electron chi connectivity index (χ1n) is 5.08. The van der Waals surface area contributed by atoms with Gasteiger partial charge < -0.3 is 5.11 Å². The van der Waals surface area contributed by atoms with Crippen molar-refractivity contribution in [2.75, 3.05) is 0 Å². The van der Waals surface area contributed by atoms with Gasteiger partial charge in [-0.2, -0.15) is 5.10 Å². The largest absolute Gasteiger partial charge is 0.481 e. The molecule has 0 saturated carbocycles. The number of carbonyl (C=O) groups is 1. The first-order valence-corrected chi connectivity index (χ1v) is 5.08. The fourth-order valence-electron chi connectivity index (χ4n) is 1.57. The highest BCUT2D eigenvalue weighted by Gasteiger charge is 2.17. The molecule has 0 aliphatic rings. The third kappa shape index (κ3) is 3.08. The van der Waals surface area contributed by atoms with Crippen LogP contribution in [0.4, 0.5) is 0 Å². The van der Waals surface area contributed by atoms with Gasteiger partial charge in [0.25, 0.3) is 0 Å². The summed E-state index contributed by atoms with van der Waals surface area (Å²) in [5.74, 6) is -0.780. The van der Waals surface area contributed by atoms with Crippen molar-refractivity contribution in [3.63, 3.8) is 0 Å². The number of aromatic nitrogens is 2. The van der Waals surface area contributed by atoms with Crippen LogP contribution in [0.1, 0.15) is 38.6 Å². The summed E-state index contributed by atoms with van der Waals surface area (Å²) in [4.78, 5) is 10.4. The van der Waals surface area contributed by atoms with Gasteiger partial charge in [-0.1, -0.05) is 0 Å². The van der Waals surface area contributed by atoms with E-state index in [4.69, 9.17) is 5.11 Å². The van der Waals surface area contributed by atoms with Crippen molar-refractivity contribution in [3.05, 3.63) is 17.5 Å². The Hall–Kier alpha value is -1.32. The normalized spacial score (nSPS) is 11.7. The molecule has 4 heteroatoms. The van der Waals surface area contributed by atoms with E-state index in [-0.39, 0.29) is 12.0 Å². The molecule has 84 valence electrons. The van der Waals surface area contributed by atoms with Crippen molar-refractivity contribution in [2.24, 2.45) is 0 Å². The first-order chi connectivity index (χ1) is 6.80. The fraction of sp³-hybridized carbons (Fsp3) is 0.636. The minimum Gasteiger partial charge on any atom is -0.481 e. The zero-order valence-corrected chi connectivity index (χ0v) is 9.74. The van der Waals surface area contributed by atoms with Gasteiger partial charge in [0.2, 0.25) is 0 Å². The number of rotatable bonds is 3. The smallest absolute Gasteiger partial charge is 0.303 e. The summed E-state index contributed by atoms with van der Waals surface area (Å²) in [6.45, 7) is 8.22. The molecule has 0 aromatic carbocycles. The monoisotopic (exact) mass is 210 g/mol. The Morgan fingerprint density at radius 2 is 2.13 bits per heavy atom. The van der Waals surface area contributed by atoms with Gasteiger partial charge in [0, 0.05) is 12.1 Å². The Labute approximate surface area is 89.9 Å². The highest BCUT2D eigenvalue weighted by Crippen LogP contribution is 2.17. The zero-order chi connectivity index (χ0) is 11.6. The van der Waals surface area contributed by atoms with Gasteiger partial charge in [-0.05, 0) is 33.8 Å². The topological polar surface area (TPSA) is 55.1 Å². The van der Waals surface area contributed by atoms with E-state index in [2.05, 4.69) is 25.9 Å². The molecule has 0 radical (unpaired) electrons. The summed E-state index contributed by atoms with van der Waals surface area (Å²) in [6, 6.07) is 1.95. The van der Waals surface area contributed by atoms with E-state index in [1.165, 1.54) is 0 Å². The quantitative estimate of drug-likeness (QED) is 0.829. The van der Waals surface area contributed by atoms with E-state index in [1.54, 1.807) is 0 Å². The molecule has 0 saturated heterocycles. The number of nitrogens with zero attached hydrogens (tertiary/aromatic N) is 2.